The van der Waals surface area contributed by atoms with Gasteiger partial charge in [-0.2, -0.15) is 0 Å². The molecule has 0 aliphatic carbocycles. The molecule has 0 aliphatic rings. The monoisotopic (exact) mass is 257 g/mol. The van der Waals surface area contributed by atoms with Gasteiger partial charge in [0.1, 0.15) is 0 Å². The third-order valence-electron chi connectivity index (χ3n) is 3.40. The minimum Gasteiger partial charge on any atom is -0.330 e. The van der Waals surface area contributed by atoms with Crippen molar-refractivity contribution < 1.29 is 0 Å². The van der Waals surface area contributed by atoms with Crippen molar-refractivity contribution in [2.45, 2.75) is 32.9 Å². The molecule has 0 saturated heterocycles. The maximum Gasteiger partial charge on any atom is 0.0705 e. The van der Waals surface area contributed by atoms with E-state index >= 15 is 0 Å². The summed E-state index contributed by atoms with van der Waals surface area (Å²) >= 11 is 0. The zero-order chi connectivity index (χ0) is 13.7. The van der Waals surface area contributed by atoms with Gasteiger partial charge in [0, 0.05) is 24.5 Å². The molecule has 0 unspecified atom stereocenters. The van der Waals surface area contributed by atoms with Gasteiger partial charge in [0.25, 0.3) is 0 Å². The number of fused-ring (bicyclic) bond motifs is 1. The van der Waals surface area contributed by atoms with Crippen molar-refractivity contribution in [1.29, 1.82) is 0 Å². The topological polar surface area (TPSA) is 42.1 Å². The van der Waals surface area contributed by atoms with Gasteiger partial charge in [0.15, 0.2) is 0 Å². The molecule has 0 saturated carbocycles. The molecule has 3 nitrogen and oxygen atoms in total. The summed E-state index contributed by atoms with van der Waals surface area (Å²) < 4.78 is 0. The largest absolute Gasteiger partial charge is 0.330 e. The summed E-state index contributed by atoms with van der Waals surface area (Å²) in [7, 11) is 0. The van der Waals surface area contributed by atoms with E-state index < -0.39 is 0 Å². The number of hydrogen-bond acceptors (Lipinski definition) is 3. The standard InChI is InChI=1S/C16H23N3/c1-13(2)19(11-5-10-17)12-15-9-8-14-6-3-4-7-16(14)18-15/h3-4,6-9,13H,5,10-12,17H2,1-2H3. The van der Waals surface area contributed by atoms with Crippen molar-refractivity contribution in [3.8, 4) is 0 Å². The van der Waals surface area contributed by atoms with Crippen LogP contribution in [0.3, 0.4) is 0 Å². The Morgan fingerprint density at radius 1 is 1.16 bits per heavy atom. The third-order valence-corrected chi connectivity index (χ3v) is 3.40. The summed E-state index contributed by atoms with van der Waals surface area (Å²) in [6.07, 6.45) is 1.03. The van der Waals surface area contributed by atoms with Crippen LogP contribution in [0.5, 0.6) is 0 Å². The minimum absolute atomic E-state index is 0.514. The van der Waals surface area contributed by atoms with Crippen LogP contribution in [0.2, 0.25) is 0 Å². The Kier molecular flexibility index (Phi) is 4.88. The Bertz CT molecular complexity index is 522. The molecule has 0 atom stereocenters. The van der Waals surface area contributed by atoms with Crippen LogP contribution in [0.15, 0.2) is 36.4 Å². The van der Waals surface area contributed by atoms with Crippen molar-refractivity contribution in [2.75, 3.05) is 13.1 Å². The molecule has 2 aromatic rings. The van der Waals surface area contributed by atoms with E-state index in [1.807, 2.05) is 12.1 Å². The van der Waals surface area contributed by atoms with Gasteiger partial charge < -0.3 is 5.73 Å². The van der Waals surface area contributed by atoms with E-state index in [0.717, 1.165) is 37.3 Å². The van der Waals surface area contributed by atoms with Gasteiger partial charge in [-0.05, 0) is 38.9 Å². The summed E-state index contributed by atoms with van der Waals surface area (Å²) in [5.41, 5.74) is 7.80. The van der Waals surface area contributed by atoms with E-state index in [1.54, 1.807) is 0 Å². The fraction of sp³-hybridized carbons (Fsp3) is 0.438. The number of nitrogens with two attached hydrogens (primary N) is 1. The highest BCUT2D eigenvalue weighted by atomic mass is 15.1. The fourth-order valence-corrected chi connectivity index (χ4v) is 2.22. The lowest BCUT2D eigenvalue weighted by Crippen LogP contribution is -2.32. The molecule has 1 aromatic heterocycles. The number of nitrogens with zero attached hydrogens (tertiary/aromatic N) is 2. The molecule has 0 bridgehead atoms. The predicted molar refractivity (Wildman–Crippen MR) is 81.0 cm³/mol. The highest BCUT2D eigenvalue weighted by Gasteiger charge is 2.10. The second-order valence-electron chi connectivity index (χ2n) is 5.20. The molecule has 0 spiro atoms. The van der Waals surface area contributed by atoms with E-state index in [4.69, 9.17) is 10.7 Å². The van der Waals surface area contributed by atoms with E-state index in [-0.39, 0.29) is 0 Å². The minimum atomic E-state index is 0.514. The smallest absolute Gasteiger partial charge is 0.0705 e. The molecule has 0 radical (unpaired) electrons. The zero-order valence-corrected chi connectivity index (χ0v) is 11.8. The first-order chi connectivity index (χ1) is 9.20. The van der Waals surface area contributed by atoms with Crippen LogP contribution in [0.1, 0.15) is 26.0 Å². The number of hydrogen-bond donors (Lipinski definition) is 1. The average Bonchev–Trinajstić information content (AvgIpc) is 2.43. The van der Waals surface area contributed by atoms with Gasteiger partial charge in [-0.15, -0.1) is 0 Å². The first-order valence-electron chi connectivity index (χ1n) is 6.99. The maximum absolute atomic E-state index is 5.60. The van der Waals surface area contributed by atoms with Crippen molar-refractivity contribution in [1.82, 2.24) is 9.88 Å². The van der Waals surface area contributed by atoms with E-state index in [2.05, 4.69) is 43.0 Å². The molecule has 2 rings (SSSR count). The van der Waals surface area contributed by atoms with Crippen LogP contribution >= 0.6 is 0 Å². The molecular formula is C16H23N3. The summed E-state index contributed by atoms with van der Waals surface area (Å²) in [5, 5.41) is 1.20. The van der Waals surface area contributed by atoms with Gasteiger partial charge in [-0.3, -0.25) is 9.88 Å². The Morgan fingerprint density at radius 3 is 2.68 bits per heavy atom. The van der Waals surface area contributed by atoms with E-state index in [9.17, 15) is 0 Å². The SMILES string of the molecule is CC(C)N(CCCN)Cc1ccc2ccccc2n1. The van der Waals surface area contributed by atoms with Crippen molar-refractivity contribution in [3.63, 3.8) is 0 Å². The highest BCUT2D eigenvalue weighted by Crippen LogP contribution is 2.14. The van der Waals surface area contributed by atoms with Gasteiger partial charge >= 0.3 is 0 Å². The van der Waals surface area contributed by atoms with Crippen LogP contribution in [-0.4, -0.2) is 29.0 Å². The number of pyridine rings is 1. The maximum atomic E-state index is 5.60. The van der Waals surface area contributed by atoms with Gasteiger partial charge in [-0.1, -0.05) is 24.3 Å². The van der Waals surface area contributed by atoms with Gasteiger partial charge in [0.05, 0.1) is 11.2 Å². The van der Waals surface area contributed by atoms with Crippen molar-refractivity contribution in [3.05, 3.63) is 42.1 Å². The Morgan fingerprint density at radius 2 is 1.95 bits per heavy atom. The van der Waals surface area contributed by atoms with Gasteiger partial charge in [0.2, 0.25) is 0 Å². The number of rotatable bonds is 6. The lowest BCUT2D eigenvalue weighted by molar-refractivity contribution is 0.209. The first-order valence-corrected chi connectivity index (χ1v) is 6.99. The summed E-state index contributed by atoms with van der Waals surface area (Å²) in [6.45, 7) is 7.11. The summed E-state index contributed by atoms with van der Waals surface area (Å²) in [4.78, 5) is 7.15. The predicted octanol–water partition coefficient (Wildman–Crippen LogP) is 2.79. The second kappa shape index (κ2) is 6.64. The fourth-order valence-electron chi connectivity index (χ4n) is 2.22. The lowest BCUT2D eigenvalue weighted by atomic mass is 10.2. The second-order valence-corrected chi connectivity index (χ2v) is 5.20. The molecule has 0 aliphatic heterocycles. The Balaban J connectivity index is 2.14. The van der Waals surface area contributed by atoms with Crippen LogP contribution in [0, 0.1) is 0 Å². The molecule has 19 heavy (non-hydrogen) atoms. The molecule has 1 aromatic carbocycles. The van der Waals surface area contributed by atoms with Crippen LogP contribution in [0.25, 0.3) is 10.9 Å². The third kappa shape index (κ3) is 3.75. The number of para-hydroxylation sites is 1. The normalized spacial score (nSPS) is 11.6. The molecule has 2 N–H and O–H groups in total. The lowest BCUT2D eigenvalue weighted by Gasteiger charge is -2.25. The Hall–Kier alpha value is -1.45. The van der Waals surface area contributed by atoms with Crippen LogP contribution < -0.4 is 5.73 Å². The highest BCUT2D eigenvalue weighted by molar-refractivity contribution is 5.78. The van der Waals surface area contributed by atoms with Crippen molar-refractivity contribution in [2.24, 2.45) is 5.73 Å². The van der Waals surface area contributed by atoms with Crippen molar-refractivity contribution >= 4 is 10.9 Å². The number of benzene rings is 1. The quantitative estimate of drug-likeness (QED) is 0.865. The number of aromatic nitrogens is 1. The first kappa shape index (κ1) is 14.0. The zero-order valence-electron chi connectivity index (χ0n) is 11.8. The van der Waals surface area contributed by atoms with Crippen LogP contribution in [0.4, 0.5) is 0 Å². The summed E-state index contributed by atoms with van der Waals surface area (Å²) in [6, 6.07) is 13.0. The van der Waals surface area contributed by atoms with Gasteiger partial charge in [-0.25, -0.2) is 0 Å². The summed E-state index contributed by atoms with van der Waals surface area (Å²) in [5.74, 6) is 0. The molecule has 0 fully saturated rings. The molecule has 1 heterocycles. The van der Waals surface area contributed by atoms with E-state index in [1.165, 1.54) is 5.39 Å². The van der Waals surface area contributed by atoms with E-state index in [0.29, 0.717) is 6.04 Å². The molecule has 102 valence electrons. The van der Waals surface area contributed by atoms with Crippen LogP contribution in [-0.2, 0) is 6.54 Å². The Labute approximate surface area is 115 Å². The molecular weight excluding hydrogens is 234 g/mol. The average molecular weight is 257 g/mol. The molecule has 0 amide bonds. The molecule has 3 heteroatoms.